The molecule has 120 valence electrons. The number of thiazole rings is 1. The van der Waals surface area contributed by atoms with Crippen molar-refractivity contribution in [2.45, 2.75) is 32.7 Å². The molecule has 0 bridgehead atoms. The number of phenols is 1. The molecule has 2 N–H and O–H groups in total. The normalized spacial score (nSPS) is 11.6. The molecule has 0 saturated carbocycles. The molecule has 0 amide bonds. The Balaban J connectivity index is 1.88. The number of phenolic OH excluding ortho intramolecular Hbond substituents is 1. The minimum atomic E-state index is -0.105. The van der Waals surface area contributed by atoms with Crippen LogP contribution in [0.15, 0.2) is 36.9 Å². The third-order valence-corrected chi connectivity index (χ3v) is 4.37. The van der Waals surface area contributed by atoms with Crippen molar-refractivity contribution in [3.8, 4) is 10.8 Å². The summed E-state index contributed by atoms with van der Waals surface area (Å²) in [5.41, 5.74) is 1.70. The predicted octanol–water partition coefficient (Wildman–Crippen LogP) is 3.34. The fourth-order valence-electron chi connectivity index (χ4n) is 2.18. The average molecular weight is 329 g/mol. The van der Waals surface area contributed by atoms with Crippen LogP contribution in [-0.2, 0) is 12.0 Å². The number of aromatic nitrogens is 4. The van der Waals surface area contributed by atoms with Crippen LogP contribution in [-0.4, -0.2) is 24.9 Å². The highest BCUT2D eigenvalue weighted by molar-refractivity contribution is 7.18. The van der Waals surface area contributed by atoms with Gasteiger partial charge in [0.1, 0.15) is 23.4 Å². The maximum atomic E-state index is 9.85. The topological polar surface area (TPSA) is 75.9 Å². The van der Waals surface area contributed by atoms with Gasteiger partial charge in [-0.3, -0.25) is 0 Å². The van der Waals surface area contributed by atoms with Crippen molar-refractivity contribution in [2.24, 2.45) is 0 Å². The number of rotatable bonds is 4. The zero-order valence-corrected chi connectivity index (χ0v) is 14.1. The molecule has 0 fully saturated rings. The van der Waals surface area contributed by atoms with Gasteiger partial charge >= 0.3 is 0 Å². The monoisotopic (exact) mass is 329 g/mol. The number of anilines is 1. The number of hydrogen-bond donors (Lipinski definition) is 2. The highest BCUT2D eigenvalue weighted by Crippen LogP contribution is 2.34. The van der Waals surface area contributed by atoms with Crippen molar-refractivity contribution in [1.82, 2.24) is 19.7 Å². The van der Waals surface area contributed by atoms with Gasteiger partial charge < -0.3 is 10.4 Å². The van der Waals surface area contributed by atoms with Crippen molar-refractivity contribution in [3.63, 3.8) is 0 Å². The molecule has 0 radical (unpaired) electrons. The van der Waals surface area contributed by atoms with Gasteiger partial charge in [-0.1, -0.05) is 50.3 Å². The highest BCUT2D eigenvalue weighted by atomic mass is 32.1. The summed E-state index contributed by atoms with van der Waals surface area (Å²) in [6.45, 7) is 6.88. The molecule has 0 unspecified atom stereocenters. The summed E-state index contributed by atoms with van der Waals surface area (Å²) in [7, 11) is 0. The Kier molecular flexibility index (Phi) is 4.04. The number of nitrogens with zero attached hydrogens (tertiary/aromatic N) is 4. The molecule has 0 spiro atoms. The Bertz CT molecular complexity index is 789. The van der Waals surface area contributed by atoms with Gasteiger partial charge in [0.25, 0.3) is 0 Å². The minimum absolute atomic E-state index is 0.105. The van der Waals surface area contributed by atoms with E-state index in [1.165, 1.54) is 17.7 Å². The van der Waals surface area contributed by atoms with Crippen LogP contribution >= 0.6 is 11.3 Å². The molecule has 0 aliphatic rings. The highest BCUT2D eigenvalue weighted by Gasteiger charge is 2.25. The molecule has 1 aromatic carbocycles. The van der Waals surface area contributed by atoms with E-state index in [1.807, 2.05) is 18.2 Å². The van der Waals surface area contributed by atoms with Crippen molar-refractivity contribution in [1.29, 1.82) is 0 Å². The van der Waals surface area contributed by atoms with Gasteiger partial charge in [0.15, 0.2) is 5.13 Å². The lowest BCUT2D eigenvalue weighted by Gasteiger charge is -2.16. The quantitative estimate of drug-likeness (QED) is 0.768. The summed E-state index contributed by atoms with van der Waals surface area (Å²) in [5, 5.41) is 19.1. The van der Waals surface area contributed by atoms with Crippen molar-refractivity contribution in [3.05, 3.63) is 48.2 Å². The molecular weight excluding hydrogens is 310 g/mol. The second-order valence-corrected chi connectivity index (χ2v) is 7.22. The smallest absolute Gasteiger partial charge is 0.185 e. The molecule has 0 aliphatic heterocycles. The SMILES string of the molecule is CC(C)(C)c1nc(NCc2ccccc2O)sc1-n1cncn1. The molecule has 0 saturated heterocycles. The van der Waals surface area contributed by atoms with E-state index in [0.717, 1.165) is 21.4 Å². The molecule has 0 atom stereocenters. The lowest BCUT2D eigenvalue weighted by molar-refractivity contribution is 0.469. The third kappa shape index (κ3) is 3.34. The Morgan fingerprint density at radius 1 is 1.26 bits per heavy atom. The Morgan fingerprint density at radius 3 is 2.70 bits per heavy atom. The first-order valence-electron chi connectivity index (χ1n) is 7.32. The van der Waals surface area contributed by atoms with Gasteiger partial charge in [0.05, 0.1) is 5.69 Å². The van der Waals surface area contributed by atoms with E-state index in [1.54, 1.807) is 17.1 Å². The summed E-state index contributed by atoms with van der Waals surface area (Å²) in [6, 6.07) is 7.28. The zero-order chi connectivity index (χ0) is 16.4. The Morgan fingerprint density at radius 2 is 2.04 bits per heavy atom. The van der Waals surface area contributed by atoms with E-state index in [9.17, 15) is 5.11 Å². The molecule has 23 heavy (non-hydrogen) atoms. The number of para-hydroxylation sites is 1. The number of hydrogen-bond acceptors (Lipinski definition) is 6. The molecule has 3 rings (SSSR count). The summed E-state index contributed by atoms with van der Waals surface area (Å²) < 4.78 is 1.74. The number of benzene rings is 1. The number of aromatic hydroxyl groups is 1. The molecule has 0 aliphatic carbocycles. The van der Waals surface area contributed by atoms with Gasteiger partial charge in [-0.25, -0.2) is 14.6 Å². The van der Waals surface area contributed by atoms with Gasteiger partial charge in [-0.05, 0) is 6.07 Å². The van der Waals surface area contributed by atoms with Crippen LogP contribution < -0.4 is 5.32 Å². The van der Waals surface area contributed by atoms with Crippen LogP contribution in [0, 0.1) is 0 Å². The molecule has 2 aromatic heterocycles. The van der Waals surface area contributed by atoms with E-state index >= 15 is 0 Å². The van der Waals surface area contributed by atoms with Crippen LogP contribution in [0.2, 0.25) is 0 Å². The fourth-order valence-corrected chi connectivity index (χ4v) is 3.28. The van der Waals surface area contributed by atoms with Gasteiger partial charge in [-0.15, -0.1) is 0 Å². The Labute approximate surface area is 138 Å². The molecule has 6 nitrogen and oxygen atoms in total. The molecule has 7 heteroatoms. The maximum Gasteiger partial charge on any atom is 0.185 e. The first kappa shape index (κ1) is 15.5. The van der Waals surface area contributed by atoms with E-state index in [-0.39, 0.29) is 11.2 Å². The van der Waals surface area contributed by atoms with E-state index in [4.69, 9.17) is 4.98 Å². The lowest BCUT2D eigenvalue weighted by atomic mass is 9.92. The largest absolute Gasteiger partial charge is 0.508 e. The van der Waals surface area contributed by atoms with Crippen LogP contribution in [0.5, 0.6) is 5.75 Å². The summed E-state index contributed by atoms with van der Waals surface area (Å²) in [4.78, 5) is 8.73. The zero-order valence-electron chi connectivity index (χ0n) is 13.3. The second kappa shape index (κ2) is 6.00. The summed E-state index contributed by atoms with van der Waals surface area (Å²) in [6.07, 6.45) is 3.19. The predicted molar refractivity (Wildman–Crippen MR) is 91.2 cm³/mol. The molecular formula is C16H19N5OS. The van der Waals surface area contributed by atoms with Crippen LogP contribution in [0.1, 0.15) is 32.0 Å². The van der Waals surface area contributed by atoms with Crippen molar-refractivity contribution >= 4 is 16.5 Å². The second-order valence-electron chi connectivity index (χ2n) is 6.25. The van der Waals surface area contributed by atoms with Crippen LogP contribution in [0.4, 0.5) is 5.13 Å². The van der Waals surface area contributed by atoms with E-state index < -0.39 is 0 Å². The summed E-state index contributed by atoms with van der Waals surface area (Å²) >= 11 is 1.53. The maximum absolute atomic E-state index is 9.85. The average Bonchev–Trinajstić information content (AvgIpc) is 3.15. The first-order chi connectivity index (χ1) is 10.9. The van der Waals surface area contributed by atoms with Gasteiger partial charge in [0, 0.05) is 17.5 Å². The summed E-state index contributed by atoms with van der Waals surface area (Å²) in [5.74, 6) is 0.282. The van der Waals surface area contributed by atoms with E-state index in [2.05, 4.69) is 36.2 Å². The van der Waals surface area contributed by atoms with Gasteiger partial charge in [-0.2, -0.15) is 5.10 Å². The van der Waals surface area contributed by atoms with Crippen molar-refractivity contribution in [2.75, 3.05) is 5.32 Å². The van der Waals surface area contributed by atoms with Crippen LogP contribution in [0.25, 0.3) is 5.00 Å². The fraction of sp³-hybridized carbons (Fsp3) is 0.312. The standard InChI is InChI=1S/C16H19N5OS/c1-16(2,3)13-14(21-10-17-9-19-21)23-15(20-13)18-8-11-6-4-5-7-12(11)22/h4-7,9-10,22H,8H2,1-3H3,(H,18,20). The lowest BCUT2D eigenvalue weighted by Crippen LogP contribution is -2.15. The van der Waals surface area contributed by atoms with E-state index in [0.29, 0.717) is 6.54 Å². The van der Waals surface area contributed by atoms with Gasteiger partial charge in [0.2, 0.25) is 0 Å². The molecule has 2 heterocycles. The Hall–Kier alpha value is -2.41. The first-order valence-corrected chi connectivity index (χ1v) is 8.14. The van der Waals surface area contributed by atoms with Crippen molar-refractivity contribution < 1.29 is 5.11 Å². The number of nitrogens with one attached hydrogen (secondary N) is 1. The third-order valence-electron chi connectivity index (χ3n) is 3.37. The minimum Gasteiger partial charge on any atom is -0.508 e. The van der Waals surface area contributed by atoms with Crippen LogP contribution in [0.3, 0.4) is 0 Å². The molecule has 3 aromatic rings.